The molecule has 0 bridgehead atoms. The molecule has 0 aromatic heterocycles. The lowest BCUT2D eigenvalue weighted by atomic mass is 9.95. The van der Waals surface area contributed by atoms with Crippen molar-refractivity contribution in [2.45, 2.75) is 25.6 Å². The maximum Gasteiger partial charge on any atom is 0.418 e. The molecule has 1 saturated heterocycles. The van der Waals surface area contributed by atoms with Crippen LogP contribution in [0.25, 0.3) is 0 Å². The van der Waals surface area contributed by atoms with Gasteiger partial charge in [-0.15, -0.1) is 0 Å². The molecule has 106 valence electrons. The van der Waals surface area contributed by atoms with Crippen molar-refractivity contribution in [2.75, 3.05) is 18.0 Å². The average molecular weight is 337 g/mol. The summed E-state index contributed by atoms with van der Waals surface area (Å²) < 4.78 is 39.8. The average Bonchev–Trinajstić information content (AvgIpc) is 2.25. The fourth-order valence-corrected chi connectivity index (χ4v) is 2.95. The monoisotopic (exact) mass is 336 g/mol. The van der Waals surface area contributed by atoms with Crippen LogP contribution in [0.3, 0.4) is 0 Å². The summed E-state index contributed by atoms with van der Waals surface area (Å²) in [5.41, 5.74) is 5.53. The van der Waals surface area contributed by atoms with Crippen LogP contribution >= 0.6 is 15.9 Å². The van der Waals surface area contributed by atoms with Gasteiger partial charge in [-0.05, 0) is 30.5 Å². The summed E-state index contributed by atoms with van der Waals surface area (Å²) in [7, 11) is 0. The number of nitrogens with zero attached hydrogens (tertiary/aromatic N) is 1. The Hall–Kier alpha value is -0.750. The van der Waals surface area contributed by atoms with Crippen LogP contribution in [0.1, 0.15) is 18.9 Å². The van der Waals surface area contributed by atoms with Gasteiger partial charge in [0.05, 0.1) is 11.3 Å². The van der Waals surface area contributed by atoms with E-state index in [1.54, 1.807) is 4.90 Å². The van der Waals surface area contributed by atoms with E-state index in [1.807, 2.05) is 6.92 Å². The lowest BCUT2D eigenvalue weighted by Crippen LogP contribution is -2.47. The minimum absolute atomic E-state index is 0.0798. The summed E-state index contributed by atoms with van der Waals surface area (Å²) in [6.45, 7) is 3.08. The Kier molecular flexibility index (Phi) is 4.11. The van der Waals surface area contributed by atoms with Crippen LogP contribution in [-0.4, -0.2) is 19.1 Å². The standard InChI is InChI=1S/C13H16BrF3N2/c1-8-4-10(18)7-19(6-8)12-5-9(14)2-3-11(12)13(15,16)17/h2-3,5,8,10H,4,6-7,18H2,1H3. The summed E-state index contributed by atoms with van der Waals surface area (Å²) >= 11 is 3.23. The van der Waals surface area contributed by atoms with Crippen LogP contribution in [0.2, 0.25) is 0 Å². The predicted molar refractivity (Wildman–Crippen MR) is 73.1 cm³/mol. The summed E-state index contributed by atoms with van der Waals surface area (Å²) in [4.78, 5) is 1.74. The summed E-state index contributed by atoms with van der Waals surface area (Å²) in [6, 6.07) is 3.97. The molecule has 2 N–H and O–H groups in total. The Balaban J connectivity index is 2.40. The highest BCUT2D eigenvalue weighted by Crippen LogP contribution is 2.39. The number of benzene rings is 1. The number of rotatable bonds is 1. The summed E-state index contributed by atoms with van der Waals surface area (Å²) in [5.74, 6) is 0.295. The highest BCUT2D eigenvalue weighted by Gasteiger charge is 2.36. The second-order valence-electron chi connectivity index (χ2n) is 5.17. The summed E-state index contributed by atoms with van der Waals surface area (Å²) in [6.07, 6.45) is -3.49. The van der Waals surface area contributed by atoms with Crippen molar-refractivity contribution in [1.29, 1.82) is 0 Å². The van der Waals surface area contributed by atoms with E-state index in [9.17, 15) is 13.2 Å². The molecule has 0 aliphatic carbocycles. The molecule has 2 nitrogen and oxygen atoms in total. The van der Waals surface area contributed by atoms with Gasteiger partial charge in [-0.2, -0.15) is 13.2 Å². The van der Waals surface area contributed by atoms with E-state index in [0.717, 1.165) is 12.5 Å². The largest absolute Gasteiger partial charge is 0.418 e. The summed E-state index contributed by atoms with van der Waals surface area (Å²) in [5, 5.41) is 0. The molecule has 6 heteroatoms. The first-order chi connectivity index (χ1) is 8.77. The van der Waals surface area contributed by atoms with Gasteiger partial charge in [0.1, 0.15) is 0 Å². The second kappa shape index (κ2) is 5.32. The molecule has 2 atom stereocenters. The normalized spacial score (nSPS) is 24.6. The molecule has 0 saturated carbocycles. The Morgan fingerprint density at radius 2 is 2.00 bits per heavy atom. The molecule has 0 spiro atoms. The SMILES string of the molecule is CC1CC(N)CN(c2cc(Br)ccc2C(F)(F)F)C1. The van der Waals surface area contributed by atoms with Crippen LogP contribution in [-0.2, 0) is 6.18 Å². The van der Waals surface area contributed by atoms with Crippen LogP contribution in [0.15, 0.2) is 22.7 Å². The molecule has 1 aromatic rings. The Labute approximate surface area is 118 Å². The molecule has 1 heterocycles. The van der Waals surface area contributed by atoms with Gasteiger partial charge in [-0.25, -0.2) is 0 Å². The van der Waals surface area contributed by atoms with E-state index in [2.05, 4.69) is 15.9 Å². The first-order valence-corrected chi connectivity index (χ1v) is 6.94. The van der Waals surface area contributed by atoms with E-state index >= 15 is 0 Å². The molecule has 1 aliphatic heterocycles. The number of piperidine rings is 1. The van der Waals surface area contributed by atoms with Crippen LogP contribution in [0, 0.1) is 5.92 Å². The lowest BCUT2D eigenvalue weighted by molar-refractivity contribution is -0.137. The van der Waals surface area contributed by atoms with E-state index < -0.39 is 11.7 Å². The van der Waals surface area contributed by atoms with Crippen molar-refractivity contribution >= 4 is 21.6 Å². The Morgan fingerprint density at radius 1 is 1.32 bits per heavy atom. The van der Waals surface area contributed by atoms with Gasteiger partial charge in [-0.3, -0.25) is 0 Å². The number of anilines is 1. The molecule has 0 amide bonds. The van der Waals surface area contributed by atoms with E-state index in [0.29, 0.717) is 23.5 Å². The van der Waals surface area contributed by atoms with Crippen molar-refractivity contribution in [1.82, 2.24) is 0 Å². The first-order valence-electron chi connectivity index (χ1n) is 6.14. The van der Waals surface area contributed by atoms with Gasteiger partial charge in [0.15, 0.2) is 0 Å². The maximum absolute atomic E-state index is 13.1. The third kappa shape index (κ3) is 3.42. The fraction of sp³-hybridized carbons (Fsp3) is 0.538. The van der Waals surface area contributed by atoms with Crippen molar-refractivity contribution in [2.24, 2.45) is 11.7 Å². The quantitative estimate of drug-likeness (QED) is 0.848. The zero-order valence-corrected chi connectivity index (χ0v) is 12.1. The first kappa shape index (κ1) is 14.7. The molecule has 1 aliphatic rings. The molecule has 1 fully saturated rings. The van der Waals surface area contributed by atoms with Crippen LogP contribution in [0.4, 0.5) is 18.9 Å². The number of nitrogens with two attached hydrogens (primary N) is 1. The van der Waals surface area contributed by atoms with Crippen LogP contribution < -0.4 is 10.6 Å². The number of alkyl halides is 3. The third-order valence-corrected chi connectivity index (χ3v) is 3.79. The number of hydrogen-bond donors (Lipinski definition) is 1. The molecule has 0 radical (unpaired) electrons. The number of halogens is 4. The van der Waals surface area contributed by atoms with Crippen molar-refractivity contribution in [3.05, 3.63) is 28.2 Å². The topological polar surface area (TPSA) is 29.3 Å². The van der Waals surface area contributed by atoms with Gasteiger partial charge in [0.25, 0.3) is 0 Å². The lowest BCUT2D eigenvalue weighted by Gasteiger charge is -2.37. The minimum atomic E-state index is -4.35. The minimum Gasteiger partial charge on any atom is -0.369 e. The van der Waals surface area contributed by atoms with Crippen LogP contribution in [0.5, 0.6) is 0 Å². The molecule has 2 rings (SSSR count). The highest BCUT2D eigenvalue weighted by atomic mass is 79.9. The predicted octanol–water partition coefficient (Wildman–Crippen LogP) is 3.64. The highest BCUT2D eigenvalue weighted by molar-refractivity contribution is 9.10. The van der Waals surface area contributed by atoms with Gasteiger partial charge < -0.3 is 10.6 Å². The Bertz CT molecular complexity index is 452. The van der Waals surface area contributed by atoms with Crippen molar-refractivity contribution < 1.29 is 13.2 Å². The molecule has 2 unspecified atom stereocenters. The van der Waals surface area contributed by atoms with Gasteiger partial charge >= 0.3 is 6.18 Å². The number of hydrogen-bond acceptors (Lipinski definition) is 2. The Morgan fingerprint density at radius 3 is 2.58 bits per heavy atom. The van der Waals surface area contributed by atoms with Gasteiger partial charge in [0.2, 0.25) is 0 Å². The second-order valence-corrected chi connectivity index (χ2v) is 6.08. The van der Waals surface area contributed by atoms with E-state index in [4.69, 9.17) is 5.73 Å². The molecule has 19 heavy (non-hydrogen) atoms. The van der Waals surface area contributed by atoms with E-state index in [-0.39, 0.29) is 11.7 Å². The van der Waals surface area contributed by atoms with Gasteiger partial charge in [0, 0.05) is 23.6 Å². The molecular weight excluding hydrogens is 321 g/mol. The molecule has 1 aromatic carbocycles. The van der Waals surface area contributed by atoms with Crippen molar-refractivity contribution in [3.63, 3.8) is 0 Å². The van der Waals surface area contributed by atoms with Crippen molar-refractivity contribution in [3.8, 4) is 0 Å². The fourth-order valence-electron chi connectivity index (χ4n) is 2.60. The molecular formula is C13H16BrF3N2. The zero-order valence-electron chi connectivity index (χ0n) is 10.5. The smallest absolute Gasteiger partial charge is 0.369 e. The van der Waals surface area contributed by atoms with Gasteiger partial charge in [-0.1, -0.05) is 22.9 Å². The zero-order chi connectivity index (χ0) is 14.2. The maximum atomic E-state index is 13.1. The van der Waals surface area contributed by atoms with E-state index in [1.165, 1.54) is 12.1 Å². The third-order valence-electron chi connectivity index (χ3n) is 3.30.